The number of hydrogen-bond acceptors (Lipinski definition) is 1. The molecule has 1 rings (SSSR count). The molecule has 0 amide bonds. The summed E-state index contributed by atoms with van der Waals surface area (Å²) in [6, 6.07) is 0. The van der Waals surface area contributed by atoms with Crippen LogP contribution in [-0.2, 0) is 0 Å². The SMILES string of the molecule is Cl.OC1=CC=CC=CC1. The molecule has 0 aromatic carbocycles. The van der Waals surface area contributed by atoms with E-state index < -0.39 is 0 Å². The van der Waals surface area contributed by atoms with Crippen molar-refractivity contribution in [1.82, 2.24) is 0 Å². The van der Waals surface area contributed by atoms with E-state index in [-0.39, 0.29) is 12.4 Å². The predicted octanol–water partition coefficient (Wildman–Crippen LogP) is 2.37. The zero-order chi connectivity index (χ0) is 5.82. The second kappa shape index (κ2) is 4.21. The third-order valence-electron chi connectivity index (χ3n) is 0.974. The van der Waals surface area contributed by atoms with Crippen LogP contribution in [0.25, 0.3) is 0 Å². The van der Waals surface area contributed by atoms with E-state index in [1.54, 1.807) is 6.08 Å². The van der Waals surface area contributed by atoms with E-state index in [0.717, 1.165) is 0 Å². The quantitative estimate of drug-likeness (QED) is 0.554. The number of allylic oxidation sites excluding steroid dienone is 5. The average Bonchev–Trinajstić information content (AvgIpc) is 1.94. The Hall–Kier alpha value is -0.690. The average molecular weight is 145 g/mol. The fourth-order valence-electron chi connectivity index (χ4n) is 0.566. The molecule has 1 aliphatic rings. The second-order valence-electron chi connectivity index (χ2n) is 1.68. The molecule has 0 aliphatic heterocycles. The Bertz CT molecular complexity index is 156. The molecule has 0 spiro atoms. The molecule has 0 aromatic heterocycles. The normalized spacial score (nSPS) is 15.8. The summed E-state index contributed by atoms with van der Waals surface area (Å²) >= 11 is 0. The van der Waals surface area contributed by atoms with Crippen molar-refractivity contribution in [2.24, 2.45) is 0 Å². The molecule has 0 bridgehead atoms. The highest BCUT2D eigenvalue weighted by atomic mass is 35.5. The van der Waals surface area contributed by atoms with Crippen molar-refractivity contribution in [3.63, 3.8) is 0 Å². The van der Waals surface area contributed by atoms with Gasteiger partial charge in [-0.3, -0.25) is 0 Å². The van der Waals surface area contributed by atoms with Crippen LogP contribution < -0.4 is 0 Å². The number of aliphatic hydroxyl groups is 1. The van der Waals surface area contributed by atoms with E-state index in [1.165, 1.54) is 0 Å². The molecule has 9 heavy (non-hydrogen) atoms. The van der Waals surface area contributed by atoms with E-state index in [0.29, 0.717) is 12.2 Å². The van der Waals surface area contributed by atoms with Crippen LogP contribution in [0.2, 0.25) is 0 Å². The molecule has 1 nitrogen and oxygen atoms in total. The van der Waals surface area contributed by atoms with Crippen LogP contribution in [0.15, 0.2) is 36.1 Å². The lowest BCUT2D eigenvalue weighted by atomic mass is 10.3. The zero-order valence-electron chi connectivity index (χ0n) is 4.95. The van der Waals surface area contributed by atoms with E-state index in [1.807, 2.05) is 24.3 Å². The molecule has 0 aromatic rings. The van der Waals surface area contributed by atoms with Crippen LogP contribution in [-0.4, -0.2) is 5.11 Å². The minimum absolute atomic E-state index is 0. The molecule has 2 heteroatoms. The smallest absolute Gasteiger partial charge is 0.0960 e. The first kappa shape index (κ1) is 8.31. The van der Waals surface area contributed by atoms with Gasteiger partial charge in [0.2, 0.25) is 0 Å². The predicted molar refractivity (Wildman–Crippen MR) is 40.9 cm³/mol. The summed E-state index contributed by atoms with van der Waals surface area (Å²) in [4.78, 5) is 0. The van der Waals surface area contributed by atoms with Gasteiger partial charge in [0, 0.05) is 6.42 Å². The maximum atomic E-state index is 8.85. The fraction of sp³-hybridized carbons (Fsp3) is 0.143. The van der Waals surface area contributed by atoms with Gasteiger partial charge in [-0.2, -0.15) is 0 Å². The van der Waals surface area contributed by atoms with Crippen LogP contribution in [0, 0.1) is 0 Å². The van der Waals surface area contributed by atoms with Crippen molar-refractivity contribution in [3.8, 4) is 0 Å². The molecule has 0 fully saturated rings. The monoisotopic (exact) mass is 144 g/mol. The Morgan fingerprint density at radius 1 is 1.22 bits per heavy atom. The first-order valence-corrected chi connectivity index (χ1v) is 2.61. The summed E-state index contributed by atoms with van der Waals surface area (Å²) in [5.41, 5.74) is 0. The summed E-state index contributed by atoms with van der Waals surface area (Å²) < 4.78 is 0. The first-order valence-electron chi connectivity index (χ1n) is 2.61. The zero-order valence-corrected chi connectivity index (χ0v) is 5.77. The third kappa shape index (κ3) is 2.98. The van der Waals surface area contributed by atoms with Gasteiger partial charge >= 0.3 is 0 Å². The molecule has 0 radical (unpaired) electrons. The Morgan fingerprint density at radius 3 is 2.78 bits per heavy atom. The minimum atomic E-state index is 0. The summed E-state index contributed by atoms with van der Waals surface area (Å²) in [6.45, 7) is 0. The van der Waals surface area contributed by atoms with E-state index in [9.17, 15) is 0 Å². The molecule has 0 atom stereocenters. The van der Waals surface area contributed by atoms with Crippen LogP contribution in [0.1, 0.15) is 6.42 Å². The van der Waals surface area contributed by atoms with Gasteiger partial charge in [0.15, 0.2) is 0 Å². The standard InChI is InChI=1S/C7H8O.ClH/c8-7-5-3-1-2-4-6-7;/h1-5,8H,6H2;1H. The molecular weight excluding hydrogens is 136 g/mol. The highest BCUT2D eigenvalue weighted by Crippen LogP contribution is 2.01. The summed E-state index contributed by atoms with van der Waals surface area (Å²) in [6.07, 6.45) is 9.89. The number of aliphatic hydroxyl groups excluding tert-OH is 1. The van der Waals surface area contributed by atoms with Gasteiger partial charge in [-0.1, -0.05) is 24.3 Å². The molecular formula is C7H9ClO. The van der Waals surface area contributed by atoms with Gasteiger partial charge < -0.3 is 5.11 Å². The van der Waals surface area contributed by atoms with Crippen LogP contribution >= 0.6 is 12.4 Å². The van der Waals surface area contributed by atoms with Crippen LogP contribution in [0.4, 0.5) is 0 Å². The molecule has 0 saturated heterocycles. The maximum Gasteiger partial charge on any atom is 0.0960 e. The van der Waals surface area contributed by atoms with Crippen LogP contribution in [0.5, 0.6) is 0 Å². The Kier molecular flexibility index (Phi) is 3.89. The summed E-state index contributed by atoms with van der Waals surface area (Å²) in [5, 5.41) is 8.85. The van der Waals surface area contributed by atoms with Gasteiger partial charge in [-0.25, -0.2) is 0 Å². The fourth-order valence-corrected chi connectivity index (χ4v) is 0.566. The molecule has 0 saturated carbocycles. The van der Waals surface area contributed by atoms with E-state index in [2.05, 4.69) is 0 Å². The largest absolute Gasteiger partial charge is 0.512 e. The number of hydrogen-bond donors (Lipinski definition) is 1. The minimum Gasteiger partial charge on any atom is -0.512 e. The highest BCUT2D eigenvalue weighted by Gasteiger charge is 1.86. The maximum absolute atomic E-state index is 8.85. The Balaban J connectivity index is 0.000000640. The van der Waals surface area contributed by atoms with Gasteiger partial charge in [-0.05, 0) is 6.08 Å². The Morgan fingerprint density at radius 2 is 2.00 bits per heavy atom. The number of rotatable bonds is 0. The Labute approximate surface area is 60.8 Å². The van der Waals surface area contributed by atoms with Gasteiger partial charge in [-0.15, -0.1) is 12.4 Å². The van der Waals surface area contributed by atoms with E-state index >= 15 is 0 Å². The summed E-state index contributed by atoms with van der Waals surface area (Å²) in [5.74, 6) is 0.426. The van der Waals surface area contributed by atoms with Crippen molar-refractivity contribution in [1.29, 1.82) is 0 Å². The van der Waals surface area contributed by atoms with Crippen LogP contribution in [0.3, 0.4) is 0 Å². The van der Waals surface area contributed by atoms with Crippen molar-refractivity contribution in [2.75, 3.05) is 0 Å². The van der Waals surface area contributed by atoms with Gasteiger partial charge in [0.1, 0.15) is 0 Å². The third-order valence-corrected chi connectivity index (χ3v) is 0.974. The van der Waals surface area contributed by atoms with Gasteiger partial charge in [0.05, 0.1) is 5.76 Å². The van der Waals surface area contributed by atoms with E-state index in [4.69, 9.17) is 5.11 Å². The molecule has 1 aliphatic carbocycles. The van der Waals surface area contributed by atoms with Crippen molar-refractivity contribution >= 4 is 12.4 Å². The van der Waals surface area contributed by atoms with Crippen molar-refractivity contribution < 1.29 is 5.11 Å². The van der Waals surface area contributed by atoms with Crippen molar-refractivity contribution in [2.45, 2.75) is 6.42 Å². The lowest BCUT2D eigenvalue weighted by molar-refractivity contribution is 0.402. The molecule has 50 valence electrons. The molecule has 0 unspecified atom stereocenters. The lowest BCUT2D eigenvalue weighted by Crippen LogP contribution is -1.72. The molecule has 1 N–H and O–H groups in total. The van der Waals surface area contributed by atoms with Gasteiger partial charge in [0.25, 0.3) is 0 Å². The second-order valence-corrected chi connectivity index (χ2v) is 1.68. The summed E-state index contributed by atoms with van der Waals surface area (Å²) in [7, 11) is 0. The topological polar surface area (TPSA) is 20.2 Å². The highest BCUT2D eigenvalue weighted by molar-refractivity contribution is 5.85. The first-order chi connectivity index (χ1) is 3.89. The van der Waals surface area contributed by atoms with Crippen molar-refractivity contribution in [3.05, 3.63) is 36.1 Å². The molecule has 0 heterocycles. The number of halogens is 1. The lowest BCUT2D eigenvalue weighted by Gasteiger charge is -1.86.